The number of nitrogens with zero attached hydrogens (tertiary/aromatic N) is 2. The lowest BCUT2D eigenvalue weighted by Gasteiger charge is -2.09. The summed E-state index contributed by atoms with van der Waals surface area (Å²) in [4.78, 5) is 19.7. The van der Waals surface area contributed by atoms with Gasteiger partial charge in [0, 0.05) is 26.1 Å². The van der Waals surface area contributed by atoms with Gasteiger partial charge in [-0.1, -0.05) is 24.3 Å². The highest BCUT2D eigenvalue weighted by Gasteiger charge is 2.11. The van der Waals surface area contributed by atoms with Gasteiger partial charge in [-0.05, 0) is 18.1 Å². The van der Waals surface area contributed by atoms with Gasteiger partial charge < -0.3 is 15.2 Å². The Morgan fingerprint density at radius 1 is 1.32 bits per heavy atom. The van der Waals surface area contributed by atoms with Crippen LogP contribution in [0.25, 0.3) is 0 Å². The molecule has 6 nitrogen and oxygen atoms in total. The van der Waals surface area contributed by atoms with E-state index < -0.39 is 5.97 Å². The summed E-state index contributed by atoms with van der Waals surface area (Å²) in [5.74, 6) is -0.0922. The lowest BCUT2D eigenvalue weighted by molar-refractivity contribution is 0.0690. The quantitative estimate of drug-likeness (QED) is 0.762. The van der Waals surface area contributed by atoms with Crippen molar-refractivity contribution >= 4 is 11.8 Å². The van der Waals surface area contributed by atoms with Crippen LogP contribution < -0.4 is 5.32 Å². The maximum atomic E-state index is 11.2. The van der Waals surface area contributed by atoms with E-state index in [1.54, 1.807) is 7.11 Å². The molecule has 6 heteroatoms. The first kappa shape index (κ1) is 15.9. The molecule has 0 bridgehead atoms. The first-order chi connectivity index (χ1) is 10.6. The van der Waals surface area contributed by atoms with Crippen LogP contribution in [-0.2, 0) is 11.2 Å². The van der Waals surface area contributed by atoms with Gasteiger partial charge in [0.2, 0.25) is 0 Å². The Morgan fingerprint density at radius 3 is 2.77 bits per heavy atom. The Hall–Kier alpha value is -2.47. The molecule has 0 atom stereocenters. The van der Waals surface area contributed by atoms with Gasteiger partial charge in [-0.2, -0.15) is 0 Å². The Morgan fingerprint density at radius 2 is 2.09 bits per heavy atom. The number of aryl methyl sites for hydroxylation is 1. The third-order valence-electron chi connectivity index (χ3n) is 3.21. The minimum atomic E-state index is -1.07. The molecule has 0 saturated carbocycles. The standard InChI is InChI=1S/C16H19N3O3/c1-11-5-3-4-6-12(11)9-15-18-13(16(20)21)10-14(19-15)17-7-8-22-2/h3-6,10H,7-9H2,1-2H3,(H,20,21)(H,17,18,19). The van der Waals surface area contributed by atoms with Crippen molar-refractivity contribution in [1.82, 2.24) is 9.97 Å². The largest absolute Gasteiger partial charge is 0.477 e. The summed E-state index contributed by atoms with van der Waals surface area (Å²) < 4.78 is 4.96. The summed E-state index contributed by atoms with van der Waals surface area (Å²) in [5.41, 5.74) is 2.19. The number of aromatic carboxylic acids is 1. The molecule has 116 valence electrons. The van der Waals surface area contributed by atoms with Crippen LogP contribution in [0, 0.1) is 6.92 Å². The van der Waals surface area contributed by atoms with Crippen LogP contribution in [0.5, 0.6) is 0 Å². The van der Waals surface area contributed by atoms with E-state index in [0.29, 0.717) is 31.2 Å². The van der Waals surface area contributed by atoms with E-state index in [1.807, 2.05) is 31.2 Å². The second kappa shape index (κ2) is 7.51. The van der Waals surface area contributed by atoms with Crippen molar-refractivity contribution in [3.63, 3.8) is 0 Å². The van der Waals surface area contributed by atoms with Crippen molar-refractivity contribution in [3.8, 4) is 0 Å². The van der Waals surface area contributed by atoms with E-state index in [4.69, 9.17) is 4.74 Å². The average molecular weight is 301 g/mol. The van der Waals surface area contributed by atoms with Crippen LogP contribution in [0.3, 0.4) is 0 Å². The van der Waals surface area contributed by atoms with Crippen LogP contribution in [0.15, 0.2) is 30.3 Å². The molecule has 0 aliphatic rings. The summed E-state index contributed by atoms with van der Waals surface area (Å²) >= 11 is 0. The lowest BCUT2D eigenvalue weighted by atomic mass is 10.1. The summed E-state index contributed by atoms with van der Waals surface area (Å²) in [5, 5.41) is 12.2. The molecule has 2 rings (SSSR count). The summed E-state index contributed by atoms with van der Waals surface area (Å²) in [6.07, 6.45) is 0.493. The second-order valence-electron chi connectivity index (χ2n) is 4.88. The van der Waals surface area contributed by atoms with Gasteiger partial charge >= 0.3 is 5.97 Å². The Labute approximate surface area is 129 Å². The smallest absolute Gasteiger partial charge is 0.354 e. The van der Waals surface area contributed by atoms with Crippen molar-refractivity contribution in [1.29, 1.82) is 0 Å². The molecule has 0 aliphatic heterocycles. The van der Waals surface area contributed by atoms with E-state index >= 15 is 0 Å². The van der Waals surface area contributed by atoms with E-state index in [1.165, 1.54) is 6.07 Å². The zero-order valence-electron chi connectivity index (χ0n) is 12.7. The minimum absolute atomic E-state index is 0.0153. The number of anilines is 1. The monoisotopic (exact) mass is 301 g/mol. The van der Waals surface area contributed by atoms with Crippen molar-refractivity contribution in [2.45, 2.75) is 13.3 Å². The van der Waals surface area contributed by atoms with Crippen LogP contribution in [-0.4, -0.2) is 41.3 Å². The fourth-order valence-electron chi connectivity index (χ4n) is 2.04. The molecular formula is C16H19N3O3. The number of rotatable bonds is 7. The van der Waals surface area contributed by atoms with Gasteiger partial charge in [0.15, 0.2) is 5.69 Å². The number of hydrogen-bond donors (Lipinski definition) is 2. The van der Waals surface area contributed by atoms with Gasteiger partial charge in [0.25, 0.3) is 0 Å². The predicted octanol–water partition coefficient (Wildman–Crippen LogP) is 2.13. The normalized spacial score (nSPS) is 10.5. The highest BCUT2D eigenvalue weighted by Crippen LogP contribution is 2.14. The summed E-state index contributed by atoms with van der Waals surface area (Å²) in [7, 11) is 1.61. The molecular weight excluding hydrogens is 282 g/mol. The topological polar surface area (TPSA) is 84.3 Å². The summed E-state index contributed by atoms with van der Waals surface area (Å²) in [6, 6.07) is 9.34. The average Bonchev–Trinajstić information content (AvgIpc) is 2.50. The van der Waals surface area contributed by atoms with Gasteiger partial charge in [-0.3, -0.25) is 0 Å². The SMILES string of the molecule is COCCNc1cc(C(=O)O)nc(Cc2ccccc2C)n1. The third-order valence-corrected chi connectivity index (χ3v) is 3.21. The Balaban J connectivity index is 2.25. The number of methoxy groups -OCH3 is 1. The van der Waals surface area contributed by atoms with Crippen LogP contribution in [0.4, 0.5) is 5.82 Å². The third kappa shape index (κ3) is 4.26. The molecule has 0 spiro atoms. The number of ether oxygens (including phenoxy) is 1. The van der Waals surface area contributed by atoms with Crippen molar-refractivity contribution in [3.05, 3.63) is 53.0 Å². The van der Waals surface area contributed by atoms with Crippen LogP contribution in [0.1, 0.15) is 27.4 Å². The van der Waals surface area contributed by atoms with Gasteiger partial charge in [0.1, 0.15) is 11.6 Å². The van der Waals surface area contributed by atoms with Crippen LogP contribution in [0.2, 0.25) is 0 Å². The van der Waals surface area contributed by atoms with Gasteiger partial charge in [-0.25, -0.2) is 14.8 Å². The van der Waals surface area contributed by atoms with Gasteiger partial charge in [-0.15, -0.1) is 0 Å². The molecule has 0 aliphatic carbocycles. The van der Waals surface area contributed by atoms with Crippen molar-refractivity contribution in [2.75, 3.05) is 25.6 Å². The first-order valence-electron chi connectivity index (χ1n) is 6.98. The molecule has 0 radical (unpaired) electrons. The fourth-order valence-corrected chi connectivity index (χ4v) is 2.04. The highest BCUT2D eigenvalue weighted by atomic mass is 16.5. The van der Waals surface area contributed by atoms with Crippen molar-refractivity contribution < 1.29 is 14.6 Å². The zero-order valence-corrected chi connectivity index (χ0v) is 12.7. The first-order valence-corrected chi connectivity index (χ1v) is 6.98. The molecule has 0 amide bonds. The number of nitrogens with one attached hydrogen (secondary N) is 1. The highest BCUT2D eigenvalue weighted by molar-refractivity contribution is 5.86. The van der Waals surface area contributed by atoms with E-state index in [-0.39, 0.29) is 5.69 Å². The summed E-state index contributed by atoms with van der Waals surface area (Å²) in [6.45, 7) is 3.07. The second-order valence-corrected chi connectivity index (χ2v) is 4.88. The maximum Gasteiger partial charge on any atom is 0.354 e. The molecule has 2 aromatic rings. The molecule has 0 fully saturated rings. The number of hydrogen-bond acceptors (Lipinski definition) is 5. The number of carbonyl (C=O) groups is 1. The Kier molecular flexibility index (Phi) is 5.43. The maximum absolute atomic E-state index is 11.2. The Bertz CT molecular complexity index is 659. The number of benzene rings is 1. The number of carboxylic acid groups (broad SMARTS) is 1. The molecule has 22 heavy (non-hydrogen) atoms. The van der Waals surface area contributed by atoms with E-state index in [0.717, 1.165) is 11.1 Å². The molecule has 0 unspecified atom stereocenters. The molecule has 0 saturated heterocycles. The molecule has 1 heterocycles. The number of carboxylic acids is 1. The van der Waals surface area contributed by atoms with Crippen molar-refractivity contribution in [2.24, 2.45) is 0 Å². The van der Waals surface area contributed by atoms with Crippen LogP contribution >= 0.6 is 0 Å². The predicted molar refractivity (Wildman–Crippen MR) is 83.3 cm³/mol. The lowest BCUT2D eigenvalue weighted by Crippen LogP contribution is -2.13. The zero-order chi connectivity index (χ0) is 15.9. The van der Waals surface area contributed by atoms with E-state index in [9.17, 15) is 9.90 Å². The number of aromatic nitrogens is 2. The molecule has 2 N–H and O–H groups in total. The molecule has 1 aromatic heterocycles. The van der Waals surface area contributed by atoms with E-state index in [2.05, 4.69) is 15.3 Å². The molecule has 1 aromatic carbocycles. The van der Waals surface area contributed by atoms with Gasteiger partial charge in [0.05, 0.1) is 6.61 Å². The minimum Gasteiger partial charge on any atom is -0.477 e. The fraction of sp³-hybridized carbons (Fsp3) is 0.312.